The minimum absolute atomic E-state index is 0. The topological polar surface area (TPSA) is 275 Å². The van der Waals surface area contributed by atoms with Gasteiger partial charge in [-0.1, -0.05) is 0 Å². The number of phosphoric acid groups is 2. The molecule has 0 N–H and O–H groups in total. The van der Waals surface area contributed by atoms with Gasteiger partial charge in [0, 0.05) is 0 Å². The van der Waals surface area contributed by atoms with Crippen LogP contribution in [0.25, 0.3) is 0 Å². The van der Waals surface area contributed by atoms with E-state index in [4.69, 9.17) is 51.9 Å². The van der Waals surface area contributed by atoms with Crippen LogP contribution in [0.1, 0.15) is 0 Å². The van der Waals surface area contributed by atoms with Crippen LogP contribution in [-0.2, 0) is 22.5 Å². The van der Waals surface area contributed by atoms with E-state index in [0.29, 0.717) is 0 Å². The first-order chi connectivity index (χ1) is 8.24. The molecule has 0 heterocycles. The molecule has 0 aromatic rings. The van der Waals surface area contributed by atoms with Crippen LogP contribution in [0.4, 0.5) is 0 Å². The van der Waals surface area contributed by atoms with Crippen molar-refractivity contribution in [2.24, 2.45) is 0 Å². The van der Waals surface area contributed by atoms with Gasteiger partial charge in [0.15, 0.2) is 0 Å². The fourth-order valence-electron chi connectivity index (χ4n) is 0. The second-order valence-electron chi connectivity index (χ2n) is 1.14. The summed E-state index contributed by atoms with van der Waals surface area (Å²) in [5.74, 6) is 0. The molecule has 0 atom stereocenters. The van der Waals surface area contributed by atoms with Crippen LogP contribution in [0.5, 0.6) is 0 Å². The monoisotopic (exact) mass is 1040 g/mol. The zero-order valence-corrected chi connectivity index (χ0v) is 22.4. The van der Waals surface area contributed by atoms with E-state index < -0.39 is 99.1 Å². The predicted octanol–water partition coefficient (Wildman–Crippen LogP) is -7.01. The molecule has 0 rings (SSSR count). The molecular weight excluding hydrogens is 1040 g/mol. The first-order valence-electron chi connectivity index (χ1n) is 2.69. The van der Waals surface area contributed by atoms with Gasteiger partial charge in [-0.15, -0.1) is 0 Å². The van der Waals surface area contributed by atoms with E-state index in [2.05, 4.69) is 0 Å². The summed E-state index contributed by atoms with van der Waals surface area (Å²) in [7, 11) is -10.8. The van der Waals surface area contributed by atoms with Gasteiger partial charge in [-0.2, -0.15) is 15.6 Å². The maximum atomic E-state index is 8.58. The standard InChI is InChI=1S/K.2H3O4P.6O.3U.H/c;2*1-5(2,3)4;;;;;;;;;;/h;2*(H3,1,2,3,4);;;;;;;;;;/q;;;;;;;;;3*+2;/p-6. The quantitative estimate of drug-likeness (QED) is 0.161. The van der Waals surface area contributed by atoms with Crippen LogP contribution in [0.15, 0.2) is 0 Å². The van der Waals surface area contributed by atoms with Gasteiger partial charge in [-0.3, -0.25) is 0 Å². The Balaban J connectivity index is -0.0000000310. The van der Waals surface area contributed by atoms with Gasteiger partial charge in [0.2, 0.25) is 0 Å². The normalized spacial score (nSPS) is 7.10. The fraction of sp³-hybridized carbons (Fsp3) is 0. The summed E-state index contributed by atoms with van der Waals surface area (Å²) in [6.45, 7) is 0. The third-order valence-electron chi connectivity index (χ3n) is 0. The van der Waals surface area contributed by atoms with Crippen LogP contribution in [0.2, 0.25) is 0 Å². The molecule has 0 saturated heterocycles. The van der Waals surface area contributed by atoms with Gasteiger partial charge in [0.1, 0.15) is 0 Å². The molecule has 0 amide bonds. The molecule has 0 aliphatic carbocycles. The van der Waals surface area contributed by atoms with Crippen LogP contribution in [0.3, 0.4) is 0 Å². The Morgan fingerprint density at radius 2 is 0.500 bits per heavy atom. The van der Waals surface area contributed by atoms with Gasteiger partial charge >= 0.3 is 148 Å². The Labute approximate surface area is 197 Å². The average molecular weight is 1040 g/mol. The van der Waals surface area contributed by atoms with Crippen molar-refractivity contribution >= 4 is 67.0 Å². The summed E-state index contributed by atoms with van der Waals surface area (Å²) in [6, 6.07) is 0. The van der Waals surface area contributed by atoms with Gasteiger partial charge in [0.05, 0.1) is 0 Å². The summed E-state index contributed by atoms with van der Waals surface area (Å²) in [4.78, 5) is 51.3. The van der Waals surface area contributed by atoms with E-state index in [0.717, 1.165) is 0 Å². The van der Waals surface area contributed by atoms with Crippen molar-refractivity contribution in [3.05, 3.63) is 0 Å². The third-order valence-corrected chi connectivity index (χ3v) is 0. The number of hydrogen-bond donors (Lipinski definition) is 0. The van der Waals surface area contributed by atoms with Crippen molar-refractivity contribution in [1.82, 2.24) is 0 Å². The van der Waals surface area contributed by atoms with Crippen LogP contribution >= 0.6 is 15.6 Å². The van der Waals surface area contributed by atoms with E-state index in [1.807, 2.05) is 0 Å². The van der Waals surface area contributed by atoms with Crippen molar-refractivity contribution in [3.8, 4) is 0 Å². The first-order valence-corrected chi connectivity index (χ1v) is 15.8. The van der Waals surface area contributed by atoms with E-state index in [1.54, 1.807) is 0 Å². The third kappa shape index (κ3) is 650. The van der Waals surface area contributed by atoms with Gasteiger partial charge in [-0.05, 0) is 0 Å². The van der Waals surface area contributed by atoms with E-state index >= 15 is 0 Å². The molecule has 0 unspecified atom stereocenters. The summed E-state index contributed by atoms with van der Waals surface area (Å²) in [6.07, 6.45) is 0. The Kier molecular flexibility index (Phi) is 59.9. The van der Waals surface area contributed by atoms with Crippen LogP contribution in [-0.4, -0.2) is 51.4 Å². The SMILES string of the molecule is O=P([O-])([O-])[O-].O=P([O-])([O-])[O-].[KH].[O]=[U+2]=[O].[O]=[U+2]=[O].[O]=[U+2]=[O]. The molecule has 0 bridgehead atoms. The Hall–Kier alpha value is 3.81. The minimum atomic E-state index is -5.39. The predicted molar refractivity (Wildman–Crippen MR) is 26.5 cm³/mol. The summed E-state index contributed by atoms with van der Waals surface area (Å²) >= 11 is -7.52. The molecule has 0 fully saturated rings. The number of hydrogen-bond acceptors (Lipinski definition) is 14. The summed E-state index contributed by atoms with van der Waals surface area (Å²) in [5, 5.41) is 0. The summed E-state index contributed by atoms with van der Waals surface area (Å²) < 4.78 is 68.6. The molecule has 0 aliphatic rings. The summed E-state index contributed by atoms with van der Waals surface area (Å²) in [5.41, 5.74) is 0. The molecule has 20 heavy (non-hydrogen) atoms. The van der Waals surface area contributed by atoms with E-state index in [-0.39, 0.29) is 51.4 Å². The van der Waals surface area contributed by atoms with Crippen molar-refractivity contribution in [2.45, 2.75) is 0 Å². The molecule has 0 aliphatic heterocycles. The van der Waals surface area contributed by atoms with Crippen molar-refractivity contribution in [1.29, 1.82) is 0 Å². The van der Waals surface area contributed by atoms with Crippen LogP contribution in [0, 0.1) is 83.5 Å². The zero-order valence-electron chi connectivity index (χ0n) is 8.11. The second kappa shape index (κ2) is 30.7. The molecule has 0 aromatic carbocycles. The molecule has 108 valence electrons. The van der Waals surface area contributed by atoms with Crippen molar-refractivity contribution in [2.75, 3.05) is 0 Å². The maximum absolute atomic E-state index is 8.58. The van der Waals surface area contributed by atoms with Crippen molar-refractivity contribution in [3.63, 3.8) is 0 Å². The zero-order chi connectivity index (χ0) is 17.1. The number of rotatable bonds is 0. The molecule has 0 saturated carbocycles. The van der Waals surface area contributed by atoms with E-state index in [9.17, 15) is 0 Å². The molecule has 20 heteroatoms. The van der Waals surface area contributed by atoms with Crippen LogP contribution < -0.4 is 29.4 Å². The Morgan fingerprint density at radius 3 is 0.500 bits per heavy atom. The molecule has 0 radical (unpaired) electrons. The molecular formula is HKO14P2U3. The molecule has 0 spiro atoms. The van der Waals surface area contributed by atoms with E-state index in [1.165, 1.54) is 0 Å². The second-order valence-corrected chi connectivity index (χ2v) is 5.02. The average Bonchev–Trinajstić information content (AvgIpc) is 1.99. The van der Waals surface area contributed by atoms with Gasteiger partial charge in [0.25, 0.3) is 0 Å². The first kappa shape index (κ1) is 39.1. The fourth-order valence-corrected chi connectivity index (χ4v) is 0. The Bertz CT molecular complexity index is 306. The molecule has 14 nitrogen and oxygen atoms in total. The van der Waals surface area contributed by atoms with Crippen molar-refractivity contribution < 1.29 is 135 Å². The Morgan fingerprint density at radius 1 is 0.500 bits per heavy atom. The van der Waals surface area contributed by atoms with Gasteiger partial charge < -0.3 is 38.5 Å². The van der Waals surface area contributed by atoms with Gasteiger partial charge in [-0.25, -0.2) is 0 Å². The molecule has 0 aromatic heterocycles.